The summed E-state index contributed by atoms with van der Waals surface area (Å²) in [5, 5.41) is 14.7. The van der Waals surface area contributed by atoms with E-state index >= 15 is 0 Å². The number of hydrogen-bond acceptors (Lipinski definition) is 4. The molecule has 140 valence electrons. The highest BCUT2D eigenvalue weighted by atomic mass is 19.1. The van der Waals surface area contributed by atoms with E-state index in [2.05, 4.69) is 15.6 Å². The molecule has 0 unspecified atom stereocenters. The molecule has 0 amide bonds. The number of anilines is 4. The molecule has 3 rings (SSSR count). The second kappa shape index (κ2) is 8.31. The van der Waals surface area contributed by atoms with Gasteiger partial charge in [-0.2, -0.15) is 5.26 Å². The maximum atomic E-state index is 14.1. The smallest absolute Gasteiger partial charge is 0.168 e. The topological polar surface area (TPSA) is 60.7 Å². The fraction of sp³-hybridized carbons (Fsp3) is 0.0909. The van der Waals surface area contributed by atoms with Gasteiger partial charge in [0.2, 0.25) is 0 Å². The van der Waals surface area contributed by atoms with E-state index in [1.807, 2.05) is 32.0 Å². The highest BCUT2D eigenvalue weighted by Crippen LogP contribution is 2.27. The van der Waals surface area contributed by atoms with Crippen LogP contribution in [0.5, 0.6) is 0 Å². The normalized spacial score (nSPS) is 10.7. The summed E-state index contributed by atoms with van der Waals surface area (Å²) in [5.41, 5.74) is 4.26. The third kappa shape index (κ3) is 4.51. The summed E-state index contributed by atoms with van der Waals surface area (Å²) in [6.07, 6.45) is 3.17. The minimum Gasteiger partial charge on any atom is -0.340 e. The minimum atomic E-state index is -0.514. The molecule has 0 bridgehead atoms. The number of hydrogen-bond donors (Lipinski definition) is 2. The van der Waals surface area contributed by atoms with E-state index in [4.69, 9.17) is 5.26 Å². The number of nitrogens with zero attached hydrogens (tertiary/aromatic N) is 2. The van der Waals surface area contributed by atoms with Gasteiger partial charge in [-0.05, 0) is 85.1 Å². The van der Waals surface area contributed by atoms with Crippen molar-refractivity contribution in [1.29, 1.82) is 5.26 Å². The first-order valence-electron chi connectivity index (χ1n) is 8.60. The fourth-order valence-corrected chi connectivity index (χ4v) is 2.82. The summed E-state index contributed by atoms with van der Waals surface area (Å²) in [7, 11) is 0. The zero-order valence-electron chi connectivity index (χ0n) is 15.4. The Bertz CT molecular complexity index is 1040. The van der Waals surface area contributed by atoms with Gasteiger partial charge in [-0.25, -0.2) is 13.8 Å². The monoisotopic (exact) mass is 376 g/mol. The summed E-state index contributed by atoms with van der Waals surface area (Å²) < 4.78 is 27.2. The van der Waals surface area contributed by atoms with Crippen LogP contribution in [0, 0.1) is 36.8 Å². The van der Waals surface area contributed by atoms with Gasteiger partial charge in [-0.15, -0.1) is 0 Å². The highest BCUT2D eigenvalue weighted by molar-refractivity contribution is 5.70. The minimum absolute atomic E-state index is 0.0421. The van der Waals surface area contributed by atoms with Crippen LogP contribution in [0.25, 0.3) is 6.08 Å². The van der Waals surface area contributed by atoms with Gasteiger partial charge in [0.15, 0.2) is 11.6 Å². The van der Waals surface area contributed by atoms with Crippen LogP contribution in [0.3, 0.4) is 0 Å². The molecule has 1 aromatic heterocycles. The molecule has 0 aliphatic heterocycles. The zero-order valence-corrected chi connectivity index (χ0v) is 15.4. The standard InChI is InChI=1S/C22H18F2N4/c1-14-12-16(4-3-11-25)13-15(2)21(14)27-20-10-9-19(24)22(28-20)26-18-7-5-17(23)6-8-18/h3-10,12-13H,1-2H3,(H2,26,27,28)/b4-3+. The molecule has 3 aromatic rings. The van der Waals surface area contributed by atoms with Crippen LogP contribution < -0.4 is 10.6 Å². The number of aromatic nitrogens is 1. The van der Waals surface area contributed by atoms with E-state index in [0.29, 0.717) is 11.5 Å². The Morgan fingerprint density at radius 1 is 0.964 bits per heavy atom. The maximum absolute atomic E-state index is 14.1. The van der Waals surface area contributed by atoms with Crippen molar-refractivity contribution < 1.29 is 8.78 Å². The molecule has 0 saturated heterocycles. The van der Waals surface area contributed by atoms with E-state index in [1.165, 1.54) is 36.4 Å². The lowest BCUT2D eigenvalue weighted by molar-refractivity contribution is 0.626. The lowest BCUT2D eigenvalue weighted by atomic mass is 10.0. The predicted molar refractivity (Wildman–Crippen MR) is 108 cm³/mol. The molecule has 28 heavy (non-hydrogen) atoms. The van der Waals surface area contributed by atoms with Crippen LogP contribution >= 0.6 is 0 Å². The Morgan fingerprint density at radius 3 is 2.29 bits per heavy atom. The Hall–Kier alpha value is -3.72. The largest absolute Gasteiger partial charge is 0.340 e. The second-order valence-electron chi connectivity index (χ2n) is 6.28. The number of aryl methyl sites for hydroxylation is 2. The lowest BCUT2D eigenvalue weighted by Crippen LogP contribution is -2.03. The van der Waals surface area contributed by atoms with Crippen LogP contribution in [0.15, 0.2) is 54.6 Å². The molecule has 0 radical (unpaired) electrons. The van der Waals surface area contributed by atoms with Crippen molar-refractivity contribution in [2.75, 3.05) is 10.6 Å². The molecular formula is C22H18F2N4. The SMILES string of the molecule is Cc1cc(/C=C/C#N)cc(C)c1Nc1ccc(F)c(Nc2ccc(F)cc2)n1. The summed E-state index contributed by atoms with van der Waals surface area (Å²) in [5.74, 6) is -0.369. The van der Waals surface area contributed by atoms with Crippen LogP contribution in [0.4, 0.5) is 31.8 Å². The van der Waals surface area contributed by atoms with Crippen molar-refractivity contribution >= 4 is 29.1 Å². The fourth-order valence-electron chi connectivity index (χ4n) is 2.82. The van der Waals surface area contributed by atoms with E-state index in [9.17, 15) is 8.78 Å². The Morgan fingerprint density at radius 2 is 1.64 bits per heavy atom. The Labute approximate surface area is 162 Å². The van der Waals surface area contributed by atoms with E-state index in [1.54, 1.807) is 12.1 Å². The molecule has 2 N–H and O–H groups in total. The Kier molecular flexibility index (Phi) is 5.66. The van der Waals surface area contributed by atoms with Gasteiger partial charge < -0.3 is 10.6 Å². The van der Waals surface area contributed by atoms with Gasteiger partial charge in [0.25, 0.3) is 0 Å². The van der Waals surface area contributed by atoms with Gasteiger partial charge in [0.05, 0.1) is 6.07 Å². The van der Waals surface area contributed by atoms with Crippen molar-refractivity contribution in [2.24, 2.45) is 0 Å². The van der Waals surface area contributed by atoms with Crippen molar-refractivity contribution in [2.45, 2.75) is 13.8 Å². The molecule has 2 aromatic carbocycles. The van der Waals surface area contributed by atoms with Gasteiger partial charge >= 0.3 is 0 Å². The average molecular weight is 376 g/mol. The number of halogens is 2. The Balaban J connectivity index is 1.86. The van der Waals surface area contributed by atoms with Crippen LogP contribution in [0.1, 0.15) is 16.7 Å². The van der Waals surface area contributed by atoms with E-state index in [0.717, 1.165) is 22.4 Å². The third-order valence-corrected chi connectivity index (χ3v) is 4.11. The molecule has 0 spiro atoms. The first-order valence-corrected chi connectivity index (χ1v) is 8.60. The quantitative estimate of drug-likeness (QED) is 0.536. The average Bonchev–Trinajstić information content (AvgIpc) is 2.67. The molecule has 0 aliphatic rings. The number of nitriles is 1. The van der Waals surface area contributed by atoms with Crippen molar-refractivity contribution in [3.63, 3.8) is 0 Å². The molecule has 1 heterocycles. The van der Waals surface area contributed by atoms with Crippen molar-refractivity contribution in [1.82, 2.24) is 4.98 Å². The zero-order chi connectivity index (χ0) is 20.1. The number of allylic oxidation sites excluding steroid dienone is 1. The van der Waals surface area contributed by atoms with E-state index in [-0.39, 0.29) is 11.6 Å². The molecule has 6 heteroatoms. The highest BCUT2D eigenvalue weighted by Gasteiger charge is 2.09. The van der Waals surface area contributed by atoms with E-state index < -0.39 is 5.82 Å². The maximum Gasteiger partial charge on any atom is 0.168 e. The summed E-state index contributed by atoms with van der Waals surface area (Å²) >= 11 is 0. The second-order valence-corrected chi connectivity index (χ2v) is 6.28. The first-order chi connectivity index (χ1) is 13.5. The molecule has 0 atom stereocenters. The lowest BCUT2D eigenvalue weighted by Gasteiger charge is -2.15. The number of nitrogens with one attached hydrogen (secondary N) is 2. The predicted octanol–water partition coefficient (Wildman–Crippen LogP) is 6.00. The summed E-state index contributed by atoms with van der Waals surface area (Å²) in [6, 6.07) is 14.3. The van der Waals surface area contributed by atoms with Crippen molar-refractivity contribution in [3.05, 3.63) is 82.9 Å². The van der Waals surface area contributed by atoms with Gasteiger partial charge in [0.1, 0.15) is 11.6 Å². The molecule has 4 nitrogen and oxygen atoms in total. The molecule has 0 aliphatic carbocycles. The van der Waals surface area contributed by atoms with Crippen LogP contribution in [-0.2, 0) is 0 Å². The first kappa shape index (κ1) is 19.1. The van der Waals surface area contributed by atoms with Gasteiger partial charge in [-0.3, -0.25) is 0 Å². The molecule has 0 fully saturated rings. The van der Waals surface area contributed by atoms with Gasteiger partial charge in [-0.1, -0.05) is 0 Å². The summed E-state index contributed by atoms with van der Waals surface area (Å²) in [4.78, 5) is 4.29. The van der Waals surface area contributed by atoms with Gasteiger partial charge in [0, 0.05) is 17.5 Å². The summed E-state index contributed by atoms with van der Waals surface area (Å²) in [6.45, 7) is 3.89. The number of rotatable bonds is 5. The molecule has 0 saturated carbocycles. The number of pyridine rings is 1. The number of benzene rings is 2. The molecular weight excluding hydrogens is 358 g/mol. The van der Waals surface area contributed by atoms with Crippen LogP contribution in [0.2, 0.25) is 0 Å². The third-order valence-electron chi connectivity index (χ3n) is 4.11. The van der Waals surface area contributed by atoms with Crippen LogP contribution in [-0.4, -0.2) is 4.98 Å². The van der Waals surface area contributed by atoms with Crippen molar-refractivity contribution in [3.8, 4) is 6.07 Å².